The van der Waals surface area contributed by atoms with Crippen LogP contribution in [0, 0.1) is 0 Å². The zero-order valence-electron chi connectivity index (χ0n) is 8.66. The SMILES string of the molecule is COCCOCC(=O)NCc1ccn[nH]1. The highest BCUT2D eigenvalue weighted by molar-refractivity contribution is 5.77. The second-order valence-electron chi connectivity index (χ2n) is 2.90. The Kier molecular flexibility index (Phi) is 5.42. The van der Waals surface area contributed by atoms with Crippen molar-refractivity contribution in [3.63, 3.8) is 0 Å². The highest BCUT2D eigenvalue weighted by atomic mass is 16.5. The molecule has 0 unspecified atom stereocenters. The largest absolute Gasteiger partial charge is 0.382 e. The lowest BCUT2D eigenvalue weighted by Crippen LogP contribution is -2.27. The molecule has 84 valence electrons. The lowest BCUT2D eigenvalue weighted by molar-refractivity contribution is -0.126. The molecule has 0 fully saturated rings. The topological polar surface area (TPSA) is 76.2 Å². The molecular formula is C9H15N3O3. The second-order valence-corrected chi connectivity index (χ2v) is 2.90. The molecule has 0 aliphatic carbocycles. The van der Waals surface area contributed by atoms with Gasteiger partial charge in [0.25, 0.3) is 0 Å². The number of carbonyl (C=O) groups excluding carboxylic acids is 1. The summed E-state index contributed by atoms with van der Waals surface area (Å²) in [5.74, 6) is -0.152. The third-order valence-corrected chi connectivity index (χ3v) is 1.70. The number of ether oxygens (including phenoxy) is 2. The normalized spacial score (nSPS) is 10.2. The van der Waals surface area contributed by atoms with E-state index in [9.17, 15) is 4.79 Å². The van der Waals surface area contributed by atoms with Gasteiger partial charge in [-0.15, -0.1) is 0 Å². The van der Waals surface area contributed by atoms with Gasteiger partial charge in [-0.2, -0.15) is 5.10 Å². The lowest BCUT2D eigenvalue weighted by atomic mass is 10.4. The first-order chi connectivity index (χ1) is 7.33. The number of nitrogens with one attached hydrogen (secondary N) is 2. The average Bonchev–Trinajstić information content (AvgIpc) is 2.74. The predicted octanol–water partition coefficient (Wildman–Crippen LogP) is -0.311. The molecule has 0 bridgehead atoms. The Morgan fingerprint density at radius 1 is 1.60 bits per heavy atom. The fourth-order valence-corrected chi connectivity index (χ4v) is 0.935. The van der Waals surface area contributed by atoms with E-state index in [0.717, 1.165) is 5.69 Å². The quantitative estimate of drug-likeness (QED) is 0.609. The summed E-state index contributed by atoms with van der Waals surface area (Å²) >= 11 is 0. The summed E-state index contributed by atoms with van der Waals surface area (Å²) in [6, 6.07) is 1.80. The van der Waals surface area contributed by atoms with E-state index in [1.807, 2.05) is 0 Å². The molecule has 1 amide bonds. The third kappa shape index (κ3) is 5.14. The van der Waals surface area contributed by atoms with Crippen LogP contribution in [0.2, 0.25) is 0 Å². The molecule has 0 aromatic carbocycles. The summed E-state index contributed by atoms with van der Waals surface area (Å²) in [5, 5.41) is 9.19. The molecule has 0 atom stereocenters. The van der Waals surface area contributed by atoms with Crippen molar-refractivity contribution < 1.29 is 14.3 Å². The van der Waals surface area contributed by atoms with E-state index in [4.69, 9.17) is 9.47 Å². The monoisotopic (exact) mass is 213 g/mol. The molecule has 1 aromatic rings. The number of H-pyrrole nitrogens is 1. The molecule has 1 heterocycles. The third-order valence-electron chi connectivity index (χ3n) is 1.70. The van der Waals surface area contributed by atoms with Crippen LogP contribution in [0.25, 0.3) is 0 Å². The van der Waals surface area contributed by atoms with E-state index in [0.29, 0.717) is 19.8 Å². The summed E-state index contributed by atoms with van der Waals surface area (Å²) in [5.41, 5.74) is 0.861. The molecule has 0 spiro atoms. The maximum atomic E-state index is 11.2. The average molecular weight is 213 g/mol. The Labute approximate surface area is 88.0 Å². The van der Waals surface area contributed by atoms with Crippen LogP contribution in [-0.2, 0) is 20.8 Å². The van der Waals surface area contributed by atoms with Crippen LogP contribution in [0.4, 0.5) is 0 Å². The van der Waals surface area contributed by atoms with Gasteiger partial charge in [0.1, 0.15) is 6.61 Å². The minimum atomic E-state index is -0.152. The molecule has 6 nitrogen and oxygen atoms in total. The molecular weight excluding hydrogens is 198 g/mol. The van der Waals surface area contributed by atoms with Crippen molar-refractivity contribution >= 4 is 5.91 Å². The number of aromatic nitrogens is 2. The van der Waals surface area contributed by atoms with Gasteiger partial charge in [-0.25, -0.2) is 0 Å². The van der Waals surface area contributed by atoms with Crippen LogP contribution >= 0.6 is 0 Å². The molecule has 0 aliphatic rings. The zero-order valence-corrected chi connectivity index (χ0v) is 8.66. The molecule has 0 saturated carbocycles. The van der Waals surface area contributed by atoms with Crippen molar-refractivity contribution in [2.75, 3.05) is 26.9 Å². The Bertz CT molecular complexity index is 274. The van der Waals surface area contributed by atoms with Gasteiger partial charge in [0.15, 0.2) is 0 Å². The van der Waals surface area contributed by atoms with Crippen molar-refractivity contribution in [2.45, 2.75) is 6.54 Å². The van der Waals surface area contributed by atoms with Crippen molar-refractivity contribution in [3.8, 4) is 0 Å². The first-order valence-corrected chi connectivity index (χ1v) is 4.64. The maximum Gasteiger partial charge on any atom is 0.246 e. The summed E-state index contributed by atoms with van der Waals surface area (Å²) in [7, 11) is 1.58. The van der Waals surface area contributed by atoms with Gasteiger partial charge in [-0.05, 0) is 6.07 Å². The number of carbonyl (C=O) groups is 1. The zero-order chi connectivity index (χ0) is 10.9. The van der Waals surface area contributed by atoms with E-state index in [1.165, 1.54) is 0 Å². The van der Waals surface area contributed by atoms with Gasteiger partial charge in [0.05, 0.1) is 25.5 Å². The second kappa shape index (κ2) is 6.97. The van der Waals surface area contributed by atoms with Crippen LogP contribution in [-0.4, -0.2) is 43.0 Å². The number of methoxy groups -OCH3 is 1. The first kappa shape index (κ1) is 11.7. The molecule has 2 N–H and O–H groups in total. The van der Waals surface area contributed by atoms with Crippen LogP contribution < -0.4 is 5.32 Å². The van der Waals surface area contributed by atoms with Gasteiger partial charge in [-0.1, -0.05) is 0 Å². The van der Waals surface area contributed by atoms with Crippen molar-refractivity contribution in [3.05, 3.63) is 18.0 Å². The number of rotatable bonds is 7. The summed E-state index contributed by atoms with van der Waals surface area (Å²) < 4.78 is 9.82. The van der Waals surface area contributed by atoms with Crippen LogP contribution in [0.1, 0.15) is 5.69 Å². The molecule has 1 rings (SSSR count). The first-order valence-electron chi connectivity index (χ1n) is 4.64. The van der Waals surface area contributed by atoms with E-state index >= 15 is 0 Å². The lowest BCUT2D eigenvalue weighted by Gasteiger charge is -2.04. The Morgan fingerprint density at radius 3 is 3.13 bits per heavy atom. The Morgan fingerprint density at radius 2 is 2.47 bits per heavy atom. The fraction of sp³-hybridized carbons (Fsp3) is 0.556. The minimum Gasteiger partial charge on any atom is -0.382 e. The van der Waals surface area contributed by atoms with Gasteiger partial charge >= 0.3 is 0 Å². The number of hydrogen-bond acceptors (Lipinski definition) is 4. The predicted molar refractivity (Wildman–Crippen MR) is 53.1 cm³/mol. The van der Waals surface area contributed by atoms with E-state index in [-0.39, 0.29) is 12.5 Å². The van der Waals surface area contributed by atoms with E-state index < -0.39 is 0 Å². The van der Waals surface area contributed by atoms with E-state index in [2.05, 4.69) is 15.5 Å². The van der Waals surface area contributed by atoms with Crippen LogP contribution in [0.3, 0.4) is 0 Å². The summed E-state index contributed by atoms with van der Waals surface area (Å²) in [6.07, 6.45) is 1.64. The maximum absolute atomic E-state index is 11.2. The number of amides is 1. The summed E-state index contributed by atoms with van der Waals surface area (Å²) in [4.78, 5) is 11.2. The smallest absolute Gasteiger partial charge is 0.246 e. The number of nitrogens with zero attached hydrogens (tertiary/aromatic N) is 1. The van der Waals surface area contributed by atoms with E-state index in [1.54, 1.807) is 19.4 Å². The number of hydrogen-bond donors (Lipinski definition) is 2. The van der Waals surface area contributed by atoms with Crippen molar-refractivity contribution in [1.82, 2.24) is 15.5 Å². The minimum absolute atomic E-state index is 0.0531. The summed E-state index contributed by atoms with van der Waals surface area (Å²) in [6.45, 7) is 1.41. The van der Waals surface area contributed by atoms with Crippen molar-refractivity contribution in [1.29, 1.82) is 0 Å². The Balaban J connectivity index is 2.04. The number of aromatic amines is 1. The molecule has 0 aliphatic heterocycles. The van der Waals surface area contributed by atoms with Gasteiger partial charge < -0.3 is 14.8 Å². The highest BCUT2D eigenvalue weighted by Gasteiger charge is 2.01. The van der Waals surface area contributed by atoms with Crippen molar-refractivity contribution in [2.24, 2.45) is 0 Å². The molecule has 0 saturated heterocycles. The highest BCUT2D eigenvalue weighted by Crippen LogP contribution is 1.89. The molecule has 15 heavy (non-hydrogen) atoms. The van der Waals surface area contributed by atoms with Gasteiger partial charge in [-0.3, -0.25) is 9.89 Å². The molecule has 1 aromatic heterocycles. The fourth-order valence-electron chi connectivity index (χ4n) is 0.935. The Hall–Kier alpha value is -1.40. The molecule has 0 radical (unpaired) electrons. The van der Waals surface area contributed by atoms with Gasteiger partial charge in [0.2, 0.25) is 5.91 Å². The van der Waals surface area contributed by atoms with Gasteiger partial charge in [0, 0.05) is 13.3 Å². The van der Waals surface area contributed by atoms with Crippen LogP contribution in [0.5, 0.6) is 0 Å². The molecule has 6 heteroatoms. The standard InChI is InChI=1S/C9H15N3O3/c1-14-4-5-15-7-9(13)10-6-8-2-3-11-12-8/h2-3H,4-7H2,1H3,(H,10,13)(H,11,12). The van der Waals surface area contributed by atoms with Crippen LogP contribution in [0.15, 0.2) is 12.3 Å².